The summed E-state index contributed by atoms with van der Waals surface area (Å²) in [6, 6.07) is 9.98. The highest BCUT2D eigenvalue weighted by Gasteiger charge is 2.07. The molecule has 0 fully saturated rings. The summed E-state index contributed by atoms with van der Waals surface area (Å²) in [5.74, 6) is 0.854. The van der Waals surface area contributed by atoms with Crippen molar-refractivity contribution in [3.63, 3.8) is 0 Å². The van der Waals surface area contributed by atoms with Gasteiger partial charge in [-0.25, -0.2) is 0 Å². The molecule has 0 saturated carbocycles. The van der Waals surface area contributed by atoms with Gasteiger partial charge in [0.1, 0.15) is 12.4 Å². The second-order valence-corrected chi connectivity index (χ2v) is 4.40. The van der Waals surface area contributed by atoms with Gasteiger partial charge in [-0.1, -0.05) is 25.1 Å². The van der Waals surface area contributed by atoms with Crippen molar-refractivity contribution in [3.8, 4) is 5.75 Å². The van der Waals surface area contributed by atoms with Crippen LogP contribution < -0.4 is 10.5 Å². The van der Waals surface area contributed by atoms with E-state index in [1.54, 1.807) is 0 Å². The number of nitrogens with zero attached hydrogens (tertiary/aromatic N) is 2. The van der Waals surface area contributed by atoms with Gasteiger partial charge in [-0.3, -0.25) is 4.68 Å². The van der Waals surface area contributed by atoms with Crippen molar-refractivity contribution in [2.24, 2.45) is 5.73 Å². The summed E-state index contributed by atoms with van der Waals surface area (Å²) in [7, 11) is 0. The number of nitrogens with two attached hydrogens (primary N) is 1. The Hall–Kier alpha value is -1.81. The Morgan fingerprint density at radius 1 is 1.26 bits per heavy atom. The number of hydrogen-bond acceptors (Lipinski definition) is 3. The fraction of sp³-hybridized carbons (Fsp3) is 0.400. The second-order valence-electron chi connectivity index (χ2n) is 4.40. The Morgan fingerprint density at radius 2 is 2.05 bits per heavy atom. The van der Waals surface area contributed by atoms with Crippen LogP contribution in [0.25, 0.3) is 0 Å². The number of para-hydroxylation sites is 1. The quantitative estimate of drug-likeness (QED) is 0.867. The zero-order valence-electron chi connectivity index (χ0n) is 11.6. The Balaban J connectivity index is 2.11. The SMILES string of the molecule is CCc1cc(COc2ccccc2CN)n(CC)n1. The van der Waals surface area contributed by atoms with E-state index in [4.69, 9.17) is 10.5 Å². The largest absolute Gasteiger partial charge is 0.487 e. The number of rotatable bonds is 6. The topological polar surface area (TPSA) is 53.1 Å². The lowest BCUT2D eigenvalue weighted by molar-refractivity contribution is 0.289. The summed E-state index contributed by atoms with van der Waals surface area (Å²) in [6.07, 6.45) is 0.944. The van der Waals surface area contributed by atoms with Crippen LogP contribution in [0.5, 0.6) is 5.75 Å². The average Bonchev–Trinajstić information content (AvgIpc) is 2.87. The fourth-order valence-corrected chi connectivity index (χ4v) is 2.04. The van der Waals surface area contributed by atoms with Crippen LogP contribution in [0.4, 0.5) is 0 Å². The molecule has 0 amide bonds. The Kier molecular flexibility index (Phi) is 4.58. The predicted molar refractivity (Wildman–Crippen MR) is 75.9 cm³/mol. The van der Waals surface area contributed by atoms with Gasteiger partial charge >= 0.3 is 0 Å². The van der Waals surface area contributed by atoms with E-state index < -0.39 is 0 Å². The van der Waals surface area contributed by atoms with Gasteiger partial charge in [-0.2, -0.15) is 5.10 Å². The molecule has 0 aliphatic carbocycles. The molecule has 2 N–H and O–H groups in total. The van der Waals surface area contributed by atoms with Crippen LogP contribution in [0.3, 0.4) is 0 Å². The van der Waals surface area contributed by atoms with Gasteiger partial charge in [0.05, 0.1) is 11.4 Å². The molecule has 1 aromatic heterocycles. The standard InChI is InChI=1S/C15H21N3O/c1-3-13-9-14(18(4-2)17-13)11-19-15-8-6-5-7-12(15)10-16/h5-9H,3-4,10-11,16H2,1-2H3. The molecule has 0 aliphatic rings. The summed E-state index contributed by atoms with van der Waals surface area (Å²) in [5.41, 5.74) is 8.94. The van der Waals surface area contributed by atoms with Crippen molar-refractivity contribution in [2.75, 3.05) is 0 Å². The first kappa shape index (κ1) is 13.6. The fourth-order valence-electron chi connectivity index (χ4n) is 2.04. The molecule has 0 unspecified atom stereocenters. The van der Waals surface area contributed by atoms with E-state index in [9.17, 15) is 0 Å². The molecule has 0 saturated heterocycles. The predicted octanol–water partition coefficient (Wildman–Crippen LogP) is 2.50. The molecule has 0 spiro atoms. The number of aryl methyl sites for hydroxylation is 2. The summed E-state index contributed by atoms with van der Waals surface area (Å²) in [6.45, 7) is 6.07. The maximum Gasteiger partial charge on any atom is 0.130 e. The number of ether oxygens (including phenoxy) is 1. The van der Waals surface area contributed by atoms with E-state index in [1.165, 1.54) is 0 Å². The van der Waals surface area contributed by atoms with Crippen molar-refractivity contribution in [3.05, 3.63) is 47.3 Å². The van der Waals surface area contributed by atoms with Crippen LogP contribution in [0, 0.1) is 0 Å². The molecule has 19 heavy (non-hydrogen) atoms. The maximum absolute atomic E-state index is 5.87. The molecule has 0 atom stereocenters. The molecule has 0 bridgehead atoms. The Bertz CT molecular complexity index is 534. The van der Waals surface area contributed by atoms with Gasteiger partial charge in [-0.15, -0.1) is 0 Å². The van der Waals surface area contributed by atoms with Gasteiger partial charge in [0.2, 0.25) is 0 Å². The van der Waals surface area contributed by atoms with Crippen molar-refractivity contribution < 1.29 is 4.74 Å². The highest BCUT2D eigenvalue weighted by atomic mass is 16.5. The van der Waals surface area contributed by atoms with Gasteiger partial charge in [-0.05, 0) is 25.5 Å². The molecule has 1 heterocycles. The number of benzene rings is 1. The Labute approximate surface area is 114 Å². The summed E-state index contributed by atoms with van der Waals surface area (Å²) in [4.78, 5) is 0. The van der Waals surface area contributed by atoms with E-state index in [2.05, 4.69) is 25.0 Å². The van der Waals surface area contributed by atoms with Crippen LogP contribution in [-0.4, -0.2) is 9.78 Å². The minimum atomic E-state index is 0.490. The number of aromatic nitrogens is 2. The first-order valence-electron chi connectivity index (χ1n) is 6.74. The zero-order valence-corrected chi connectivity index (χ0v) is 11.6. The third-order valence-electron chi connectivity index (χ3n) is 3.14. The monoisotopic (exact) mass is 259 g/mol. The minimum Gasteiger partial charge on any atom is -0.487 e. The molecular weight excluding hydrogens is 238 g/mol. The first-order valence-corrected chi connectivity index (χ1v) is 6.74. The van der Waals surface area contributed by atoms with Crippen LogP contribution in [-0.2, 0) is 26.1 Å². The van der Waals surface area contributed by atoms with Gasteiger partial charge in [0.25, 0.3) is 0 Å². The highest BCUT2D eigenvalue weighted by molar-refractivity contribution is 5.33. The zero-order chi connectivity index (χ0) is 13.7. The van der Waals surface area contributed by atoms with Gasteiger partial charge < -0.3 is 10.5 Å². The van der Waals surface area contributed by atoms with Gasteiger partial charge in [0.15, 0.2) is 0 Å². The summed E-state index contributed by atoms with van der Waals surface area (Å²) >= 11 is 0. The molecular formula is C15H21N3O. The van der Waals surface area contributed by atoms with Crippen LogP contribution >= 0.6 is 0 Å². The molecule has 4 nitrogen and oxygen atoms in total. The molecule has 2 aromatic rings. The molecule has 0 aliphatic heterocycles. The van der Waals surface area contributed by atoms with Crippen LogP contribution in [0.1, 0.15) is 30.8 Å². The number of hydrogen-bond donors (Lipinski definition) is 1. The average molecular weight is 259 g/mol. The summed E-state index contributed by atoms with van der Waals surface area (Å²) < 4.78 is 7.86. The van der Waals surface area contributed by atoms with E-state index in [0.29, 0.717) is 13.2 Å². The summed E-state index contributed by atoms with van der Waals surface area (Å²) in [5, 5.41) is 4.51. The highest BCUT2D eigenvalue weighted by Crippen LogP contribution is 2.19. The lowest BCUT2D eigenvalue weighted by Gasteiger charge is -2.10. The van der Waals surface area contributed by atoms with Crippen LogP contribution in [0.2, 0.25) is 0 Å². The van der Waals surface area contributed by atoms with E-state index >= 15 is 0 Å². The third kappa shape index (κ3) is 3.15. The first-order chi connectivity index (χ1) is 9.28. The minimum absolute atomic E-state index is 0.490. The van der Waals surface area contributed by atoms with Crippen molar-refractivity contribution >= 4 is 0 Å². The lowest BCUT2D eigenvalue weighted by Crippen LogP contribution is -2.07. The Morgan fingerprint density at radius 3 is 2.74 bits per heavy atom. The van der Waals surface area contributed by atoms with Gasteiger partial charge in [0, 0.05) is 18.7 Å². The lowest BCUT2D eigenvalue weighted by atomic mass is 10.2. The van der Waals surface area contributed by atoms with E-state index in [1.807, 2.05) is 28.9 Å². The smallest absolute Gasteiger partial charge is 0.130 e. The molecule has 1 aromatic carbocycles. The maximum atomic E-state index is 5.87. The van der Waals surface area contributed by atoms with Crippen molar-refractivity contribution in [1.82, 2.24) is 9.78 Å². The molecule has 102 valence electrons. The van der Waals surface area contributed by atoms with E-state index in [0.717, 1.165) is 35.7 Å². The van der Waals surface area contributed by atoms with Crippen LogP contribution in [0.15, 0.2) is 30.3 Å². The second kappa shape index (κ2) is 6.38. The van der Waals surface area contributed by atoms with Crippen molar-refractivity contribution in [2.45, 2.75) is 40.0 Å². The molecule has 0 radical (unpaired) electrons. The normalized spacial score (nSPS) is 10.7. The van der Waals surface area contributed by atoms with E-state index in [-0.39, 0.29) is 0 Å². The molecule has 2 rings (SSSR count). The third-order valence-corrected chi connectivity index (χ3v) is 3.14. The molecule has 4 heteroatoms. The van der Waals surface area contributed by atoms with Crippen molar-refractivity contribution in [1.29, 1.82) is 0 Å².